The molecule has 0 aromatic rings. The first kappa shape index (κ1) is 13.3. The number of allylic oxidation sites excluding steroid dienone is 2. The van der Waals surface area contributed by atoms with Crippen molar-refractivity contribution in [3.63, 3.8) is 0 Å². The van der Waals surface area contributed by atoms with Crippen molar-refractivity contribution >= 4 is 23.2 Å². The summed E-state index contributed by atoms with van der Waals surface area (Å²) in [4.78, 5) is 0. The molecule has 0 rings (SSSR count). The summed E-state index contributed by atoms with van der Waals surface area (Å²) < 4.78 is 0. The lowest BCUT2D eigenvalue weighted by Crippen LogP contribution is -1.97. The van der Waals surface area contributed by atoms with Crippen molar-refractivity contribution in [3.05, 3.63) is 12.2 Å². The van der Waals surface area contributed by atoms with E-state index in [-0.39, 0.29) is 10.8 Å². The molecule has 0 amide bonds. The monoisotopic (exact) mass is 222 g/mol. The van der Waals surface area contributed by atoms with Gasteiger partial charge in [0.05, 0.1) is 10.8 Å². The predicted molar refractivity (Wildman–Crippen MR) is 62.9 cm³/mol. The summed E-state index contributed by atoms with van der Waals surface area (Å²) in [6.07, 6.45) is 9.68. The summed E-state index contributed by atoms with van der Waals surface area (Å²) in [5, 5.41) is 0.325. The predicted octanol–water partition coefficient (Wildman–Crippen LogP) is 4.75. The summed E-state index contributed by atoms with van der Waals surface area (Å²) >= 11 is 12.1. The highest BCUT2D eigenvalue weighted by Crippen LogP contribution is 2.12. The lowest BCUT2D eigenvalue weighted by Gasteiger charge is -2.04. The van der Waals surface area contributed by atoms with Crippen molar-refractivity contribution < 1.29 is 0 Å². The van der Waals surface area contributed by atoms with Gasteiger partial charge in [-0.2, -0.15) is 0 Å². The minimum atomic E-state index is 0.160. The molecule has 0 aliphatic heterocycles. The van der Waals surface area contributed by atoms with Crippen LogP contribution in [0.5, 0.6) is 0 Å². The second kappa shape index (κ2) is 8.90. The summed E-state index contributed by atoms with van der Waals surface area (Å²) in [6.45, 7) is 4.31. The molecule has 0 aromatic carbocycles. The van der Waals surface area contributed by atoms with E-state index in [1.165, 1.54) is 12.8 Å². The molecule has 78 valence electrons. The highest BCUT2D eigenvalue weighted by atomic mass is 35.5. The van der Waals surface area contributed by atoms with Gasteiger partial charge in [0.2, 0.25) is 0 Å². The summed E-state index contributed by atoms with van der Waals surface area (Å²) in [6, 6.07) is 0. The molecule has 2 atom stereocenters. The fourth-order valence-corrected chi connectivity index (χ4v) is 1.65. The third kappa shape index (κ3) is 8.64. The molecular formula is C11H20Cl2. The normalized spacial score (nSPS) is 16.3. The van der Waals surface area contributed by atoms with Crippen LogP contribution >= 0.6 is 23.2 Å². The number of halogens is 2. The molecule has 0 aliphatic carbocycles. The van der Waals surface area contributed by atoms with E-state index in [1.807, 2.05) is 12.2 Å². The first-order valence-corrected chi connectivity index (χ1v) is 6.04. The largest absolute Gasteiger partial charge is 0.118 e. The number of rotatable bonds is 7. The van der Waals surface area contributed by atoms with Gasteiger partial charge in [0, 0.05) is 0 Å². The Bertz CT molecular complexity index is 132. The number of hydrogen-bond acceptors (Lipinski definition) is 0. The summed E-state index contributed by atoms with van der Waals surface area (Å²) in [7, 11) is 0. The van der Waals surface area contributed by atoms with E-state index in [1.54, 1.807) is 0 Å². The molecule has 2 unspecified atom stereocenters. The average Bonchev–Trinajstić information content (AvgIpc) is 2.12. The Balaban J connectivity index is 3.56. The standard InChI is InChI=1S/C11H20Cl2/c1-3-5-7-11(13)9-8-10(12)6-4-2/h8-11H,3-7H2,1-2H3. The van der Waals surface area contributed by atoms with Gasteiger partial charge in [0.15, 0.2) is 0 Å². The quantitative estimate of drug-likeness (QED) is 0.431. The molecule has 0 saturated heterocycles. The second-order valence-electron chi connectivity index (χ2n) is 3.35. The third-order valence-electron chi connectivity index (χ3n) is 1.93. The van der Waals surface area contributed by atoms with Crippen molar-refractivity contribution in [1.29, 1.82) is 0 Å². The molecule has 0 aliphatic rings. The Kier molecular flexibility index (Phi) is 9.12. The maximum absolute atomic E-state index is 6.06. The van der Waals surface area contributed by atoms with Crippen LogP contribution in [0.15, 0.2) is 12.2 Å². The van der Waals surface area contributed by atoms with Crippen molar-refractivity contribution in [2.75, 3.05) is 0 Å². The van der Waals surface area contributed by atoms with Crippen LogP contribution in [-0.2, 0) is 0 Å². The van der Waals surface area contributed by atoms with E-state index in [0.717, 1.165) is 19.3 Å². The van der Waals surface area contributed by atoms with Crippen LogP contribution in [0.4, 0.5) is 0 Å². The smallest absolute Gasteiger partial charge is 0.0516 e. The topological polar surface area (TPSA) is 0 Å². The van der Waals surface area contributed by atoms with Crippen LogP contribution in [-0.4, -0.2) is 10.8 Å². The third-order valence-corrected chi connectivity index (χ3v) is 2.65. The Morgan fingerprint density at radius 3 is 1.92 bits per heavy atom. The molecule has 0 fully saturated rings. The van der Waals surface area contributed by atoms with Crippen LogP contribution < -0.4 is 0 Å². The SMILES string of the molecule is CCCCC(Cl)C=CC(Cl)CCC. The highest BCUT2D eigenvalue weighted by molar-refractivity contribution is 6.23. The average molecular weight is 223 g/mol. The number of alkyl halides is 2. The Morgan fingerprint density at radius 1 is 0.923 bits per heavy atom. The fourth-order valence-electron chi connectivity index (χ4n) is 1.11. The van der Waals surface area contributed by atoms with Crippen LogP contribution in [0, 0.1) is 0 Å². The van der Waals surface area contributed by atoms with Crippen LogP contribution in [0.2, 0.25) is 0 Å². The summed E-state index contributed by atoms with van der Waals surface area (Å²) in [5.74, 6) is 0. The van der Waals surface area contributed by atoms with E-state index >= 15 is 0 Å². The number of unbranched alkanes of at least 4 members (excludes halogenated alkanes) is 1. The van der Waals surface area contributed by atoms with Gasteiger partial charge in [0.1, 0.15) is 0 Å². The Labute approximate surface area is 92.3 Å². The molecular weight excluding hydrogens is 203 g/mol. The second-order valence-corrected chi connectivity index (χ2v) is 4.47. The van der Waals surface area contributed by atoms with E-state index in [2.05, 4.69) is 13.8 Å². The van der Waals surface area contributed by atoms with E-state index in [0.29, 0.717) is 0 Å². The van der Waals surface area contributed by atoms with Crippen molar-refractivity contribution in [1.82, 2.24) is 0 Å². The number of hydrogen-bond donors (Lipinski definition) is 0. The lowest BCUT2D eigenvalue weighted by molar-refractivity contribution is 0.731. The maximum atomic E-state index is 6.06. The Morgan fingerprint density at radius 2 is 1.46 bits per heavy atom. The fraction of sp³-hybridized carbons (Fsp3) is 0.818. The van der Waals surface area contributed by atoms with Crippen molar-refractivity contribution in [3.8, 4) is 0 Å². The lowest BCUT2D eigenvalue weighted by atomic mass is 10.1. The van der Waals surface area contributed by atoms with Gasteiger partial charge in [-0.15, -0.1) is 23.2 Å². The van der Waals surface area contributed by atoms with Crippen LogP contribution in [0.3, 0.4) is 0 Å². The molecule has 0 saturated carbocycles. The molecule has 0 heterocycles. The maximum Gasteiger partial charge on any atom is 0.0516 e. The van der Waals surface area contributed by atoms with Gasteiger partial charge in [-0.1, -0.05) is 45.3 Å². The Hall–Kier alpha value is 0.320. The minimum Gasteiger partial charge on any atom is -0.118 e. The highest BCUT2D eigenvalue weighted by Gasteiger charge is 2.01. The first-order chi connectivity index (χ1) is 6.20. The van der Waals surface area contributed by atoms with Gasteiger partial charge in [-0.25, -0.2) is 0 Å². The van der Waals surface area contributed by atoms with Gasteiger partial charge >= 0.3 is 0 Å². The molecule has 0 nitrogen and oxygen atoms in total. The molecule has 0 bridgehead atoms. The van der Waals surface area contributed by atoms with Gasteiger partial charge in [0.25, 0.3) is 0 Å². The van der Waals surface area contributed by atoms with E-state index in [9.17, 15) is 0 Å². The summed E-state index contributed by atoms with van der Waals surface area (Å²) in [5.41, 5.74) is 0. The molecule has 0 spiro atoms. The minimum absolute atomic E-state index is 0.160. The van der Waals surface area contributed by atoms with E-state index < -0.39 is 0 Å². The van der Waals surface area contributed by atoms with E-state index in [4.69, 9.17) is 23.2 Å². The molecule has 0 radical (unpaired) electrons. The van der Waals surface area contributed by atoms with Crippen LogP contribution in [0.25, 0.3) is 0 Å². The van der Waals surface area contributed by atoms with Gasteiger partial charge in [-0.05, 0) is 12.8 Å². The zero-order valence-corrected chi connectivity index (χ0v) is 10.1. The first-order valence-electron chi connectivity index (χ1n) is 5.17. The zero-order valence-electron chi connectivity index (χ0n) is 8.60. The van der Waals surface area contributed by atoms with Gasteiger partial charge < -0.3 is 0 Å². The molecule has 2 heteroatoms. The van der Waals surface area contributed by atoms with Gasteiger partial charge in [-0.3, -0.25) is 0 Å². The molecule has 0 aromatic heterocycles. The molecule has 0 N–H and O–H groups in total. The zero-order chi connectivity index (χ0) is 10.1. The van der Waals surface area contributed by atoms with Crippen LogP contribution in [0.1, 0.15) is 46.0 Å². The van der Waals surface area contributed by atoms with Crippen molar-refractivity contribution in [2.24, 2.45) is 0 Å². The molecule has 13 heavy (non-hydrogen) atoms. The van der Waals surface area contributed by atoms with Crippen molar-refractivity contribution in [2.45, 2.75) is 56.7 Å².